The van der Waals surface area contributed by atoms with Crippen LogP contribution in [0, 0.1) is 4.91 Å². The van der Waals surface area contributed by atoms with E-state index in [9.17, 15) is 0 Å². The number of nitrogens with zero attached hydrogens (tertiary/aromatic N) is 2. The Labute approximate surface area is 191 Å². The minimum atomic E-state index is -1.78. The Hall–Kier alpha value is 1.33. The standard InChI is InChI=1S/C16H36N.CCl4O.NO.Tc/c1-5-9-13-17(14-10-6-2,15-11-7-3)16-12-8-4;2-1(3,4)6-5;1-2;/h5-16H2,1-4H3;;;/q+1;;-1;+1. The average Bonchev–Trinajstić information content (AvgIpc) is 2.61. The number of hydrogen-bond donors (Lipinski definition) is 0. The van der Waals surface area contributed by atoms with E-state index < -0.39 is 3.98 Å². The van der Waals surface area contributed by atoms with Crippen molar-refractivity contribution in [3.8, 4) is 0 Å². The van der Waals surface area contributed by atoms with E-state index in [0.29, 0.717) is 0 Å². The van der Waals surface area contributed by atoms with E-state index in [2.05, 4.69) is 47.7 Å². The summed E-state index contributed by atoms with van der Waals surface area (Å²) in [6, 6.07) is 0. The summed E-state index contributed by atoms with van der Waals surface area (Å²) >= 11 is 20.6. The first-order valence-corrected chi connectivity index (χ1v) is 11.6. The van der Waals surface area contributed by atoms with E-state index in [-0.39, 0.29) is 0 Å². The number of nitroso groups, excluding NO2 is 1. The van der Waals surface area contributed by atoms with Crippen molar-refractivity contribution in [3.05, 3.63) is 4.91 Å². The van der Waals surface area contributed by atoms with Gasteiger partial charge in [-0.25, -0.2) is 4.29 Å². The van der Waals surface area contributed by atoms with Crippen LogP contribution in [0.5, 0.6) is 0 Å². The second-order valence-electron chi connectivity index (χ2n) is 6.24. The Balaban J connectivity index is -0.000000486. The molecule has 0 aromatic carbocycles. The average molecular weight is 540 g/mol. The molecule has 0 rings (SSSR count). The van der Waals surface area contributed by atoms with Crippen molar-refractivity contribution in [2.24, 2.45) is 3.85 Å². The number of hydrogen-bond acceptors (Lipinski definition) is 3. The van der Waals surface area contributed by atoms with Crippen molar-refractivity contribution >= 4 is 46.7 Å². The van der Waals surface area contributed by atoms with Gasteiger partial charge in [0.1, 0.15) is 0 Å². The van der Waals surface area contributed by atoms with Crippen LogP contribution in [-0.2, 0) is 23.4 Å². The summed E-state index contributed by atoms with van der Waals surface area (Å²) in [4.78, 5) is 8.54. The molecule has 0 aliphatic carbocycles. The Morgan fingerprint density at radius 1 is 0.808 bits per heavy atom. The predicted molar refractivity (Wildman–Crippen MR) is 112 cm³/mol. The van der Waals surface area contributed by atoms with Crippen LogP contribution < -0.4 is 0 Å². The molecule has 0 saturated heterocycles. The van der Waals surface area contributed by atoms with Crippen LogP contribution in [0.4, 0.5) is 0 Å². The van der Waals surface area contributed by atoms with Crippen molar-refractivity contribution in [1.29, 1.82) is 0 Å². The Kier molecular flexibility index (Phi) is 27.8. The third-order valence-corrected chi connectivity index (χ3v) is 4.73. The molecule has 0 atom stereocenters. The molecule has 0 amide bonds. The fraction of sp³-hybridized carbons (Fsp3) is 1.00. The summed E-state index contributed by atoms with van der Waals surface area (Å²) in [7, 11) is 0. The minimum absolute atomic E-state index is 1.35. The molecule has 0 radical (unpaired) electrons. The van der Waals surface area contributed by atoms with Crippen LogP contribution in [-0.4, -0.2) is 34.6 Å². The van der Waals surface area contributed by atoms with Crippen molar-refractivity contribution in [2.75, 3.05) is 26.2 Å². The molecule has 0 heterocycles. The van der Waals surface area contributed by atoms with E-state index in [4.69, 9.17) is 39.7 Å². The Morgan fingerprint density at radius 3 is 1.12 bits per heavy atom. The first kappa shape index (κ1) is 32.0. The van der Waals surface area contributed by atoms with Gasteiger partial charge in [-0.2, -0.15) is 0 Å². The molecule has 4 nitrogen and oxygen atoms in total. The van der Waals surface area contributed by atoms with Gasteiger partial charge in [0.2, 0.25) is 0 Å². The molecule has 0 aliphatic heterocycles. The van der Waals surface area contributed by atoms with Gasteiger partial charge in [-0.3, -0.25) is 0 Å². The molecule has 0 aromatic rings. The van der Waals surface area contributed by atoms with Crippen LogP contribution in [0.1, 0.15) is 79.1 Å². The summed E-state index contributed by atoms with van der Waals surface area (Å²) in [5.41, 5.74) is 0. The van der Waals surface area contributed by atoms with E-state index >= 15 is 0 Å². The van der Waals surface area contributed by atoms with E-state index in [1.54, 1.807) is 0 Å². The predicted octanol–water partition coefficient (Wildman–Crippen LogP) is 7.70. The Bertz CT molecular complexity index is 259. The topological polar surface area (TPSA) is 38.7 Å². The molecule has 160 valence electrons. The van der Waals surface area contributed by atoms with Gasteiger partial charge < -0.3 is 4.48 Å². The molecule has 0 fully saturated rings. The SMILES string of the molecule is CCCC[N+](CCCC)(CCCC)CCCC.ClOC(Cl)(Cl)Cl.O=[N][Tc]. The van der Waals surface area contributed by atoms with Crippen molar-refractivity contribution in [3.63, 3.8) is 0 Å². The molecule has 0 aliphatic rings. The fourth-order valence-electron chi connectivity index (χ4n) is 2.64. The number of rotatable bonds is 12. The van der Waals surface area contributed by atoms with Crippen LogP contribution in [0.15, 0.2) is 3.85 Å². The second-order valence-corrected chi connectivity index (χ2v) is 8.91. The van der Waals surface area contributed by atoms with Gasteiger partial charge >= 0.3 is 31.9 Å². The number of alkyl halides is 3. The summed E-state index contributed by atoms with van der Waals surface area (Å²) in [5, 5.41) is 0. The number of halogens is 4. The quantitative estimate of drug-likeness (QED) is 0.145. The molecule has 0 spiro atoms. The van der Waals surface area contributed by atoms with E-state index in [1.807, 2.05) is 0 Å². The van der Waals surface area contributed by atoms with Gasteiger partial charge in [0.15, 0.2) is 0 Å². The van der Waals surface area contributed by atoms with E-state index in [0.717, 1.165) is 0 Å². The van der Waals surface area contributed by atoms with Gasteiger partial charge in [-0.15, -0.1) is 0 Å². The van der Waals surface area contributed by atoms with Crippen LogP contribution >= 0.6 is 46.7 Å². The van der Waals surface area contributed by atoms with Crippen LogP contribution in [0.2, 0.25) is 0 Å². The zero-order valence-corrected chi connectivity index (χ0v) is 21.5. The summed E-state index contributed by atoms with van der Waals surface area (Å²) in [6.45, 7) is 15.0. The zero-order chi connectivity index (χ0) is 20.9. The molecule has 26 heavy (non-hydrogen) atoms. The first-order chi connectivity index (χ1) is 12.2. The zero-order valence-electron chi connectivity index (χ0n) is 16.6. The molecule has 0 unspecified atom stereocenters. The monoisotopic (exact) mass is 537 g/mol. The maximum atomic E-state index is 8.54. The van der Waals surface area contributed by atoms with Gasteiger partial charge in [0.05, 0.1) is 38.0 Å². The van der Waals surface area contributed by atoms with Gasteiger partial charge in [0.25, 0.3) is 0 Å². The molecule has 0 aromatic heterocycles. The molecular weight excluding hydrogens is 504 g/mol. The third-order valence-electron chi connectivity index (χ3n) is 4.03. The molecule has 0 N–H and O–H groups in total. The molecule has 9 heteroatoms. The normalized spacial score (nSPS) is 11.1. The van der Waals surface area contributed by atoms with Crippen LogP contribution in [0.25, 0.3) is 0 Å². The second kappa shape index (κ2) is 22.6. The summed E-state index contributed by atoms with van der Waals surface area (Å²) < 4.78 is 5.57. The van der Waals surface area contributed by atoms with Gasteiger partial charge in [-0.1, -0.05) is 88.2 Å². The van der Waals surface area contributed by atoms with Crippen molar-refractivity contribution in [2.45, 2.75) is 83.0 Å². The van der Waals surface area contributed by atoms with Gasteiger partial charge in [-0.05, 0) is 25.7 Å². The number of unbranched alkanes of at least 4 members (excludes halogenated alkanes) is 4. The van der Waals surface area contributed by atoms with Crippen molar-refractivity contribution in [1.82, 2.24) is 0 Å². The molecule has 0 saturated carbocycles. The van der Waals surface area contributed by atoms with Gasteiger partial charge in [0, 0.05) is 0 Å². The molecular formula is C17H36Cl4N2O2Tc+. The summed E-state index contributed by atoms with van der Waals surface area (Å²) in [5.74, 6) is 0. The van der Waals surface area contributed by atoms with Crippen molar-refractivity contribution < 1.29 is 27.9 Å². The first-order valence-electron chi connectivity index (χ1n) is 9.37. The summed E-state index contributed by atoms with van der Waals surface area (Å²) in [6.07, 6.45) is 11.1. The van der Waals surface area contributed by atoms with E-state index in [1.165, 1.54) is 101 Å². The fourth-order valence-corrected chi connectivity index (χ4v) is 2.64. The Morgan fingerprint density at radius 2 is 1.00 bits per heavy atom. The van der Waals surface area contributed by atoms with Crippen LogP contribution in [0.3, 0.4) is 0 Å². The molecule has 0 bridgehead atoms. The third kappa shape index (κ3) is 25.3. The maximum absolute atomic E-state index is 8.54. The number of quaternary nitrogens is 1.